The molecule has 28 heavy (non-hydrogen) atoms. The van der Waals surface area contributed by atoms with Gasteiger partial charge in [-0.05, 0) is 36.2 Å². The maximum absolute atomic E-state index is 12.5. The minimum Gasteiger partial charge on any atom is -0.494 e. The van der Waals surface area contributed by atoms with Gasteiger partial charge in [0.05, 0.1) is 17.3 Å². The van der Waals surface area contributed by atoms with Crippen LogP contribution in [0.2, 0.25) is 0 Å². The van der Waals surface area contributed by atoms with E-state index in [2.05, 4.69) is 5.32 Å². The molecule has 0 aliphatic rings. The topological polar surface area (TPSA) is 116 Å². The van der Waals surface area contributed by atoms with Gasteiger partial charge < -0.3 is 15.8 Å². The van der Waals surface area contributed by atoms with Gasteiger partial charge in [-0.3, -0.25) is 9.59 Å². The van der Waals surface area contributed by atoms with Gasteiger partial charge in [-0.2, -0.15) is 0 Å². The molecule has 0 aromatic heterocycles. The molecule has 7 nitrogen and oxygen atoms in total. The molecular formula is C20H20N2O5S. The first kappa shape index (κ1) is 19.6. The minimum absolute atomic E-state index is 0.0294. The monoisotopic (exact) mass is 400 g/mol. The van der Waals surface area contributed by atoms with Crippen LogP contribution in [0.5, 0.6) is 5.75 Å². The molecule has 146 valence electrons. The van der Waals surface area contributed by atoms with Gasteiger partial charge in [0.2, 0.25) is 0 Å². The molecule has 0 saturated heterocycles. The summed E-state index contributed by atoms with van der Waals surface area (Å²) in [6.07, 6.45) is 0.574. The molecule has 0 aliphatic carbocycles. The summed E-state index contributed by atoms with van der Waals surface area (Å²) in [5.41, 5.74) is 4.96. The van der Waals surface area contributed by atoms with Crippen LogP contribution in [0.4, 0.5) is 11.4 Å². The van der Waals surface area contributed by atoms with Crippen LogP contribution in [0.3, 0.4) is 0 Å². The normalized spacial score (nSPS) is 11.4. The van der Waals surface area contributed by atoms with E-state index in [0.29, 0.717) is 30.9 Å². The molecule has 3 aromatic rings. The summed E-state index contributed by atoms with van der Waals surface area (Å²) in [6.45, 7) is 0.786. The number of rotatable bonds is 9. The molecule has 0 unspecified atom stereocenters. The zero-order chi connectivity index (χ0) is 20.1. The Kier molecular flexibility index (Phi) is 5.79. The van der Waals surface area contributed by atoms with Crippen LogP contribution in [-0.2, 0) is 15.6 Å². The van der Waals surface area contributed by atoms with Gasteiger partial charge >= 0.3 is 0 Å². The SMILES string of the molecule is Nc1c(NCCCOc2cccc(CS(=O)(=O)c3ccccc3)c2)c(=O)c1=O. The van der Waals surface area contributed by atoms with Crippen LogP contribution in [0.25, 0.3) is 0 Å². The van der Waals surface area contributed by atoms with Crippen LogP contribution < -0.4 is 26.6 Å². The summed E-state index contributed by atoms with van der Waals surface area (Å²) < 4.78 is 30.6. The molecule has 3 rings (SSSR count). The lowest BCUT2D eigenvalue weighted by molar-refractivity contribution is 0.315. The number of hydrogen-bond donors (Lipinski definition) is 2. The zero-order valence-corrected chi connectivity index (χ0v) is 15.9. The number of nitrogens with two attached hydrogens (primary N) is 1. The largest absolute Gasteiger partial charge is 0.494 e. The summed E-state index contributed by atoms with van der Waals surface area (Å²) in [4.78, 5) is 22.6. The molecular weight excluding hydrogens is 380 g/mol. The Labute approximate surface area is 162 Å². The van der Waals surface area contributed by atoms with Crippen LogP contribution >= 0.6 is 0 Å². The Morgan fingerprint density at radius 3 is 2.43 bits per heavy atom. The number of anilines is 2. The molecule has 8 heteroatoms. The Morgan fingerprint density at radius 1 is 0.964 bits per heavy atom. The van der Waals surface area contributed by atoms with Crippen molar-refractivity contribution in [2.45, 2.75) is 17.1 Å². The predicted octanol–water partition coefficient (Wildman–Crippen LogP) is 1.72. The highest BCUT2D eigenvalue weighted by Crippen LogP contribution is 2.20. The zero-order valence-electron chi connectivity index (χ0n) is 15.1. The minimum atomic E-state index is -3.42. The Balaban J connectivity index is 1.51. The Morgan fingerprint density at radius 2 is 1.71 bits per heavy atom. The Bertz CT molecular complexity index is 1130. The second-order valence-electron chi connectivity index (χ2n) is 6.30. The van der Waals surface area contributed by atoms with Crippen molar-refractivity contribution in [2.75, 3.05) is 24.2 Å². The van der Waals surface area contributed by atoms with E-state index in [0.717, 1.165) is 0 Å². The van der Waals surface area contributed by atoms with E-state index in [9.17, 15) is 18.0 Å². The van der Waals surface area contributed by atoms with Crippen molar-refractivity contribution in [1.29, 1.82) is 0 Å². The molecule has 0 bridgehead atoms. The van der Waals surface area contributed by atoms with Crippen LogP contribution in [0, 0.1) is 0 Å². The molecule has 0 heterocycles. The van der Waals surface area contributed by atoms with Gasteiger partial charge in [0, 0.05) is 6.54 Å². The molecule has 0 fully saturated rings. The Hall–Kier alpha value is -3.13. The average Bonchev–Trinajstić information content (AvgIpc) is 2.70. The molecule has 0 aliphatic heterocycles. The van der Waals surface area contributed by atoms with Crippen molar-refractivity contribution in [2.24, 2.45) is 0 Å². The maximum atomic E-state index is 12.5. The number of sulfone groups is 1. The lowest BCUT2D eigenvalue weighted by Gasteiger charge is -2.11. The van der Waals surface area contributed by atoms with E-state index in [1.54, 1.807) is 54.6 Å². The van der Waals surface area contributed by atoms with E-state index >= 15 is 0 Å². The first-order valence-electron chi connectivity index (χ1n) is 8.71. The molecule has 0 amide bonds. The summed E-state index contributed by atoms with van der Waals surface area (Å²) in [6, 6.07) is 15.2. The van der Waals surface area contributed by atoms with Gasteiger partial charge in [0.15, 0.2) is 9.84 Å². The fourth-order valence-corrected chi connectivity index (χ4v) is 4.07. The van der Waals surface area contributed by atoms with Gasteiger partial charge in [0.1, 0.15) is 17.1 Å². The second kappa shape index (κ2) is 8.26. The summed E-state index contributed by atoms with van der Waals surface area (Å²) in [5, 5.41) is 2.82. The number of nitrogens with one attached hydrogen (secondary N) is 1. The first-order valence-corrected chi connectivity index (χ1v) is 10.4. The van der Waals surface area contributed by atoms with Crippen LogP contribution in [0.1, 0.15) is 12.0 Å². The third-order valence-corrected chi connectivity index (χ3v) is 5.90. The smallest absolute Gasteiger partial charge is 0.253 e. The van der Waals surface area contributed by atoms with Gasteiger partial charge in [-0.25, -0.2) is 8.42 Å². The van der Waals surface area contributed by atoms with E-state index in [1.807, 2.05) is 0 Å². The summed E-state index contributed by atoms with van der Waals surface area (Å²) >= 11 is 0. The third-order valence-electron chi connectivity index (χ3n) is 4.20. The molecule has 3 N–H and O–H groups in total. The fraction of sp³-hybridized carbons (Fsp3) is 0.200. The quantitative estimate of drug-likeness (QED) is 0.415. The van der Waals surface area contributed by atoms with Crippen molar-refractivity contribution in [3.63, 3.8) is 0 Å². The van der Waals surface area contributed by atoms with E-state index in [4.69, 9.17) is 10.5 Å². The molecule has 0 spiro atoms. The van der Waals surface area contributed by atoms with Gasteiger partial charge in [0.25, 0.3) is 10.9 Å². The molecule has 3 aromatic carbocycles. The second-order valence-corrected chi connectivity index (χ2v) is 8.28. The van der Waals surface area contributed by atoms with Gasteiger partial charge in [-0.15, -0.1) is 0 Å². The highest BCUT2D eigenvalue weighted by atomic mass is 32.2. The maximum Gasteiger partial charge on any atom is 0.253 e. The van der Waals surface area contributed by atoms with Crippen molar-refractivity contribution in [3.05, 3.63) is 80.6 Å². The van der Waals surface area contributed by atoms with Crippen LogP contribution in [0.15, 0.2) is 69.1 Å². The summed E-state index contributed by atoms with van der Waals surface area (Å²) in [7, 11) is -3.42. The number of hydrogen-bond acceptors (Lipinski definition) is 7. The number of nitrogen functional groups attached to an aromatic ring is 1. The first-order chi connectivity index (χ1) is 13.4. The third kappa shape index (κ3) is 4.40. The van der Waals surface area contributed by atoms with Crippen molar-refractivity contribution in [3.8, 4) is 5.75 Å². The molecule has 0 radical (unpaired) electrons. The van der Waals surface area contributed by atoms with Crippen LogP contribution in [-0.4, -0.2) is 21.6 Å². The highest BCUT2D eigenvalue weighted by molar-refractivity contribution is 7.90. The molecule has 0 saturated carbocycles. The van der Waals surface area contributed by atoms with Crippen molar-refractivity contribution in [1.82, 2.24) is 0 Å². The van der Waals surface area contributed by atoms with Gasteiger partial charge in [-0.1, -0.05) is 30.3 Å². The molecule has 0 atom stereocenters. The lowest BCUT2D eigenvalue weighted by Crippen LogP contribution is -2.37. The number of ether oxygens (including phenoxy) is 1. The summed E-state index contributed by atoms with van der Waals surface area (Å²) in [5.74, 6) is 0.452. The van der Waals surface area contributed by atoms with E-state index < -0.39 is 20.7 Å². The van der Waals surface area contributed by atoms with E-state index in [-0.39, 0.29) is 22.0 Å². The van der Waals surface area contributed by atoms with E-state index in [1.165, 1.54) is 0 Å². The fourth-order valence-electron chi connectivity index (χ4n) is 2.72. The lowest BCUT2D eigenvalue weighted by atomic mass is 10.2. The predicted molar refractivity (Wildman–Crippen MR) is 108 cm³/mol. The average molecular weight is 400 g/mol. The number of benzene rings is 2. The standard InChI is InChI=1S/C20H20N2O5S/c21-17-18(20(24)19(17)23)22-10-5-11-27-15-7-4-6-14(12-15)13-28(25,26)16-8-2-1-3-9-16/h1-4,6-9,12,22H,5,10-11,13,21H2. The highest BCUT2D eigenvalue weighted by Gasteiger charge is 2.17. The van der Waals surface area contributed by atoms with Crippen molar-refractivity contribution >= 4 is 21.2 Å². The van der Waals surface area contributed by atoms with Crippen molar-refractivity contribution < 1.29 is 13.2 Å².